The zero-order valence-electron chi connectivity index (χ0n) is 15.0. The van der Waals surface area contributed by atoms with Crippen LogP contribution in [0.1, 0.15) is 0 Å². The zero-order chi connectivity index (χ0) is 19.8. The van der Waals surface area contributed by atoms with Gasteiger partial charge in [-0.15, -0.1) is 0 Å². The Bertz CT molecular complexity index is 1290. The molecule has 1 aliphatic rings. The SMILES string of the molecule is O=S(=O)(Nc1ncns1)c1ccc2c(c1)OCCN2c1cccc2ncccc12. The Labute approximate surface area is 171 Å². The molecule has 0 atom stereocenters. The molecule has 1 aliphatic heterocycles. The molecule has 5 rings (SSSR count). The molecule has 0 fully saturated rings. The van der Waals surface area contributed by atoms with Crippen LogP contribution >= 0.6 is 11.5 Å². The van der Waals surface area contributed by atoms with E-state index < -0.39 is 10.0 Å². The fourth-order valence-corrected chi connectivity index (χ4v) is 5.01. The number of nitrogens with zero attached hydrogens (tertiary/aromatic N) is 4. The summed E-state index contributed by atoms with van der Waals surface area (Å²) in [6.45, 7) is 1.09. The van der Waals surface area contributed by atoms with Crippen LogP contribution in [0.3, 0.4) is 0 Å². The maximum Gasteiger partial charge on any atom is 0.263 e. The number of benzene rings is 2. The average molecular weight is 425 g/mol. The smallest absolute Gasteiger partial charge is 0.263 e. The van der Waals surface area contributed by atoms with Gasteiger partial charge < -0.3 is 9.64 Å². The molecule has 29 heavy (non-hydrogen) atoms. The van der Waals surface area contributed by atoms with Crippen LogP contribution < -0.4 is 14.4 Å². The molecule has 0 spiro atoms. The highest BCUT2D eigenvalue weighted by Gasteiger charge is 2.24. The van der Waals surface area contributed by atoms with Crippen LogP contribution in [-0.4, -0.2) is 35.9 Å². The second-order valence-corrected chi connectivity index (χ2v) is 8.79. The summed E-state index contributed by atoms with van der Waals surface area (Å²) in [5.41, 5.74) is 2.71. The summed E-state index contributed by atoms with van der Waals surface area (Å²) >= 11 is 0.975. The van der Waals surface area contributed by atoms with Crippen LogP contribution in [0.5, 0.6) is 5.75 Å². The highest BCUT2D eigenvalue weighted by molar-refractivity contribution is 7.93. The summed E-state index contributed by atoms with van der Waals surface area (Å²) in [7, 11) is -3.78. The Hall–Kier alpha value is -3.24. The molecule has 0 amide bonds. The first-order valence-corrected chi connectivity index (χ1v) is 11.1. The van der Waals surface area contributed by atoms with Crippen molar-refractivity contribution in [2.75, 3.05) is 22.8 Å². The maximum absolute atomic E-state index is 12.7. The van der Waals surface area contributed by atoms with Crippen molar-refractivity contribution in [3.05, 3.63) is 61.1 Å². The zero-order valence-corrected chi connectivity index (χ0v) is 16.7. The van der Waals surface area contributed by atoms with E-state index in [2.05, 4.69) is 24.0 Å². The average Bonchev–Trinajstić information content (AvgIpc) is 3.25. The molecule has 0 bridgehead atoms. The Morgan fingerprint density at radius 1 is 1.07 bits per heavy atom. The van der Waals surface area contributed by atoms with Crippen molar-refractivity contribution in [1.82, 2.24) is 14.3 Å². The number of hydrogen-bond acceptors (Lipinski definition) is 8. The minimum absolute atomic E-state index is 0.105. The molecule has 4 aromatic rings. The van der Waals surface area contributed by atoms with Crippen LogP contribution in [0, 0.1) is 0 Å². The number of fused-ring (bicyclic) bond motifs is 2. The molecule has 2 aromatic heterocycles. The fraction of sp³-hybridized carbons (Fsp3) is 0.105. The first kappa shape index (κ1) is 17.8. The van der Waals surface area contributed by atoms with Gasteiger partial charge in [0.25, 0.3) is 10.0 Å². The van der Waals surface area contributed by atoms with Crippen molar-refractivity contribution in [1.29, 1.82) is 0 Å². The molecule has 146 valence electrons. The van der Waals surface area contributed by atoms with Gasteiger partial charge in [-0.3, -0.25) is 9.71 Å². The second-order valence-electron chi connectivity index (χ2n) is 6.33. The number of hydrogen-bond donors (Lipinski definition) is 1. The molecule has 3 heterocycles. The van der Waals surface area contributed by atoms with Crippen molar-refractivity contribution in [3.8, 4) is 5.75 Å². The number of aromatic nitrogens is 3. The number of pyridine rings is 1. The fourth-order valence-electron chi connectivity index (χ4n) is 3.33. The van der Waals surface area contributed by atoms with Gasteiger partial charge in [0, 0.05) is 29.2 Å². The van der Waals surface area contributed by atoms with Crippen LogP contribution in [0.15, 0.2) is 66.0 Å². The number of ether oxygens (including phenoxy) is 1. The topological polar surface area (TPSA) is 97.3 Å². The predicted octanol–water partition coefficient (Wildman–Crippen LogP) is 3.42. The van der Waals surface area contributed by atoms with E-state index in [0.29, 0.717) is 18.9 Å². The lowest BCUT2D eigenvalue weighted by atomic mass is 10.1. The highest BCUT2D eigenvalue weighted by atomic mass is 32.2. The third-order valence-electron chi connectivity index (χ3n) is 4.60. The summed E-state index contributed by atoms with van der Waals surface area (Å²) in [5, 5.41) is 1.24. The van der Waals surface area contributed by atoms with E-state index in [4.69, 9.17) is 4.74 Å². The van der Waals surface area contributed by atoms with E-state index >= 15 is 0 Å². The van der Waals surface area contributed by atoms with Crippen molar-refractivity contribution in [2.45, 2.75) is 4.90 Å². The van der Waals surface area contributed by atoms with Crippen molar-refractivity contribution in [3.63, 3.8) is 0 Å². The van der Waals surface area contributed by atoms with Crippen molar-refractivity contribution >= 4 is 49.0 Å². The molecule has 0 saturated carbocycles. The Morgan fingerprint density at radius 2 is 2.00 bits per heavy atom. The molecular weight excluding hydrogens is 410 g/mol. The minimum atomic E-state index is -3.78. The summed E-state index contributed by atoms with van der Waals surface area (Å²) in [5.74, 6) is 0.511. The van der Waals surface area contributed by atoms with E-state index in [1.165, 1.54) is 12.4 Å². The minimum Gasteiger partial charge on any atom is -0.489 e. The highest BCUT2D eigenvalue weighted by Crippen LogP contribution is 2.40. The predicted molar refractivity (Wildman–Crippen MR) is 111 cm³/mol. The van der Waals surface area contributed by atoms with Gasteiger partial charge in [0.15, 0.2) is 0 Å². The van der Waals surface area contributed by atoms with E-state index in [0.717, 1.165) is 33.8 Å². The third kappa shape index (κ3) is 3.26. The molecule has 2 aromatic carbocycles. The van der Waals surface area contributed by atoms with Crippen LogP contribution in [-0.2, 0) is 10.0 Å². The van der Waals surface area contributed by atoms with Crippen molar-refractivity contribution < 1.29 is 13.2 Å². The van der Waals surface area contributed by atoms with E-state index in [9.17, 15) is 8.42 Å². The van der Waals surface area contributed by atoms with E-state index in [1.807, 2.05) is 30.3 Å². The largest absolute Gasteiger partial charge is 0.489 e. The number of anilines is 3. The number of nitrogens with one attached hydrogen (secondary N) is 1. The van der Waals surface area contributed by atoms with Gasteiger partial charge in [-0.1, -0.05) is 6.07 Å². The lowest BCUT2D eigenvalue weighted by molar-refractivity contribution is 0.313. The lowest BCUT2D eigenvalue weighted by Crippen LogP contribution is -2.29. The standard InChI is InChI=1S/C19H15N5O3S2/c25-29(26,23-19-21-12-22-28-19)13-6-7-17-18(11-13)27-10-9-24(17)16-5-1-4-15-14(16)3-2-8-20-15/h1-8,11-12H,9-10H2,(H,21,22,23). The monoisotopic (exact) mass is 425 g/mol. The van der Waals surface area contributed by atoms with Crippen molar-refractivity contribution in [2.24, 2.45) is 0 Å². The maximum atomic E-state index is 12.7. The first-order chi connectivity index (χ1) is 14.1. The molecule has 0 aliphatic carbocycles. The lowest BCUT2D eigenvalue weighted by Gasteiger charge is -2.32. The molecule has 0 radical (unpaired) electrons. The Morgan fingerprint density at radius 3 is 2.86 bits per heavy atom. The third-order valence-corrected chi connectivity index (χ3v) is 6.65. The second kappa shape index (κ2) is 6.98. The number of rotatable bonds is 4. The van der Waals surface area contributed by atoms with Gasteiger partial charge in [0.1, 0.15) is 18.7 Å². The normalized spacial score (nSPS) is 13.7. The summed E-state index contributed by atoms with van der Waals surface area (Å²) in [6.07, 6.45) is 3.07. The quantitative estimate of drug-likeness (QED) is 0.535. The molecule has 1 N–H and O–H groups in total. The molecular formula is C19H15N5O3S2. The van der Waals surface area contributed by atoms with Gasteiger partial charge in [-0.25, -0.2) is 13.4 Å². The summed E-state index contributed by atoms with van der Waals surface area (Å²) in [4.78, 5) is 10.5. The Kier molecular flexibility index (Phi) is 4.29. The Balaban J connectivity index is 1.55. The first-order valence-electron chi connectivity index (χ1n) is 8.79. The van der Waals surface area contributed by atoms with Gasteiger partial charge in [0.2, 0.25) is 5.13 Å². The molecule has 0 unspecified atom stereocenters. The van der Waals surface area contributed by atoms with Crippen LogP contribution in [0.25, 0.3) is 10.9 Å². The van der Waals surface area contributed by atoms with Gasteiger partial charge >= 0.3 is 0 Å². The van der Waals surface area contributed by atoms with Gasteiger partial charge in [0.05, 0.1) is 28.3 Å². The van der Waals surface area contributed by atoms with Crippen LogP contribution in [0.4, 0.5) is 16.5 Å². The summed E-state index contributed by atoms with van der Waals surface area (Å²) < 4.78 is 37.3. The van der Waals surface area contributed by atoms with E-state index in [1.54, 1.807) is 18.3 Å². The summed E-state index contributed by atoms with van der Waals surface area (Å²) in [6, 6.07) is 14.7. The van der Waals surface area contributed by atoms with E-state index in [-0.39, 0.29) is 10.0 Å². The molecule has 0 saturated heterocycles. The van der Waals surface area contributed by atoms with Crippen LogP contribution in [0.2, 0.25) is 0 Å². The van der Waals surface area contributed by atoms with Gasteiger partial charge in [-0.05, 0) is 36.4 Å². The molecule has 8 nitrogen and oxygen atoms in total. The van der Waals surface area contributed by atoms with Gasteiger partial charge in [-0.2, -0.15) is 4.37 Å². The molecule has 10 heteroatoms. The number of sulfonamides is 1.